The number of nitrogens with two attached hydrogens (primary N) is 1. The summed E-state index contributed by atoms with van der Waals surface area (Å²) in [7, 11) is 0. The third-order valence-corrected chi connectivity index (χ3v) is 4.48. The Labute approximate surface area is 132 Å². The highest BCUT2D eigenvalue weighted by Crippen LogP contribution is 2.19. The van der Waals surface area contributed by atoms with E-state index in [2.05, 4.69) is 10.6 Å². The molecule has 1 aliphatic rings. The van der Waals surface area contributed by atoms with Crippen LogP contribution in [0.1, 0.15) is 50.5 Å². The first-order valence-electron chi connectivity index (χ1n) is 8.04. The molecule has 3 nitrogen and oxygen atoms in total. The highest BCUT2D eigenvalue weighted by Gasteiger charge is 2.16. The van der Waals surface area contributed by atoms with Gasteiger partial charge in [0.1, 0.15) is 0 Å². The average Bonchev–Trinajstić information content (AvgIpc) is 2.41. The van der Waals surface area contributed by atoms with E-state index >= 15 is 0 Å². The fourth-order valence-corrected chi connectivity index (χ4v) is 3.19. The first-order chi connectivity index (χ1) is 10.1. The van der Waals surface area contributed by atoms with Gasteiger partial charge in [0.05, 0.1) is 6.04 Å². The number of anilines is 1. The van der Waals surface area contributed by atoms with E-state index in [-0.39, 0.29) is 5.91 Å². The van der Waals surface area contributed by atoms with Gasteiger partial charge in [0.15, 0.2) is 6.54 Å². The largest absolute Gasteiger partial charge is 0.336 e. The van der Waals surface area contributed by atoms with E-state index in [1.54, 1.807) is 0 Å². The normalized spacial score (nSPS) is 17.0. The molecule has 0 bridgehead atoms. The van der Waals surface area contributed by atoms with E-state index in [0.717, 1.165) is 11.3 Å². The van der Waals surface area contributed by atoms with Gasteiger partial charge in [-0.05, 0) is 56.4 Å². The molecule has 1 aliphatic carbocycles. The average molecular weight is 310 g/mol. The molecule has 0 atom stereocenters. The number of amides is 1. The number of aryl methyl sites for hydroxylation is 1. The predicted octanol–water partition coefficient (Wildman–Crippen LogP) is 3.26. The van der Waals surface area contributed by atoms with Crippen molar-refractivity contribution in [3.05, 3.63) is 28.8 Å². The van der Waals surface area contributed by atoms with Gasteiger partial charge in [0, 0.05) is 10.7 Å². The molecule has 1 amide bonds. The van der Waals surface area contributed by atoms with Crippen LogP contribution in [0.3, 0.4) is 0 Å². The second-order valence-electron chi connectivity index (χ2n) is 6.05. The van der Waals surface area contributed by atoms with E-state index in [9.17, 15) is 4.79 Å². The smallest absolute Gasteiger partial charge is 0.279 e. The Hall–Kier alpha value is -1.06. The number of carbonyl (C=O) groups excluding carboxylic acids is 1. The zero-order chi connectivity index (χ0) is 15.1. The second kappa shape index (κ2) is 8.40. The molecule has 0 heterocycles. The maximum atomic E-state index is 12.1. The van der Waals surface area contributed by atoms with Crippen molar-refractivity contribution in [3.8, 4) is 0 Å². The van der Waals surface area contributed by atoms with E-state index < -0.39 is 0 Å². The number of hydrogen-bond donors (Lipinski definition) is 2. The van der Waals surface area contributed by atoms with Crippen molar-refractivity contribution >= 4 is 23.2 Å². The summed E-state index contributed by atoms with van der Waals surface area (Å²) in [6.45, 7) is 2.47. The van der Waals surface area contributed by atoms with E-state index in [1.807, 2.05) is 25.1 Å². The summed E-state index contributed by atoms with van der Waals surface area (Å²) in [5, 5.41) is 5.89. The maximum absolute atomic E-state index is 12.1. The summed E-state index contributed by atoms with van der Waals surface area (Å²) in [6, 6.07) is 6.16. The molecule has 3 N–H and O–H groups in total. The lowest BCUT2D eigenvalue weighted by atomic mass is 9.97. The number of rotatable bonds is 4. The maximum Gasteiger partial charge on any atom is 0.279 e. The Bertz CT molecular complexity index is 468. The molecule has 0 aromatic heterocycles. The van der Waals surface area contributed by atoms with Crippen LogP contribution >= 0.6 is 11.6 Å². The first kappa shape index (κ1) is 16.3. The Morgan fingerprint density at radius 3 is 2.57 bits per heavy atom. The number of halogens is 1. The van der Waals surface area contributed by atoms with Gasteiger partial charge < -0.3 is 10.6 Å². The summed E-state index contributed by atoms with van der Waals surface area (Å²) in [5.74, 6) is 0.0717. The molecule has 2 rings (SSSR count). The topological polar surface area (TPSA) is 45.7 Å². The molecule has 0 unspecified atom stereocenters. The highest BCUT2D eigenvalue weighted by molar-refractivity contribution is 6.30. The summed E-state index contributed by atoms with van der Waals surface area (Å²) in [4.78, 5) is 12.1. The summed E-state index contributed by atoms with van der Waals surface area (Å²) >= 11 is 5.93. The van der Waals surface area contributed by atoms with Crippen molar-refractivity contribution in [2.45, 2.75) is 57.9 Å². The third-order valence-electron chi connectivity index (χ3n) is 4.25. The number of carbonyl (C=O) groups is 1. The van der Waals surface area contributed by atoms with Crippen LogP contribution in [0.25, 0.3) is 0 Å². The fraction of sp³-hybridized carbons (Fsp3) is 0.588. The van der Waals surface area contributed by atoms with Crippen LogP contribution in [0.15, 0.2) is 18.2 Å². The van der Waals surface area contributed by atoms with Crippen LogP contribution in [0.4, 0.5) is 5.69 Å². The zero-order valence-electron chi connectivity index (χ0n) is 12.8. The molecule has 1 aromatic rings. The van der Waals surface area contributed by atoms with Gasteiger partial charge in [0.2, 0.25) is 0 Å². The SMILES string of the molecule is Cc1cc(Cl)ccc1NC(=O)C[NH2+]C1CCCCCCC1. The van der Waals surface area contributed by atoms with E-state index in [1.165, 1.54) is 44.9 Å². The Kier molecular flexibility index (Phi) is 6.52. The van der Waals surface area contributed by atoms with Crippen molar-refractivity contribution in [2.75, 3.05) is 11.9 Å². The minimum Gasteiger partial charge on any atom is -0.336 e. The molecular formula is C17H26ClN2O+. The Morgan fingerprint density at radius 2 is 1.90 bits per heavy atom. The van der Waals surface area contributed by atoms with Gasteiger partial charge in [-0.15, -0.1) is 0 Å². The molecule has 0 aliphatic heterocycles. The molecule has 0 radical (unpaired) electrons. The van der Waals surface area contributed by atoms with Gasteiger partial charge in [-0.1, -0.05) is 30.9 Å². The molecule has 116 valence electrons. The third kappa shape index (κ3) is 5.68. The van der Waals surface area contributed by atoms with Crippen LogP contribution in [0, 0.1) is 6.92 Å². The second-order valence-corrected chi connectivity index (χ2v) is 6.49. The van der Waals surface area contributed by atoms with Gasteiger partial charge in [-0.2, -0.15) is 0 Å². The molecule has 1 saturated carbocycles. The summed E-state index contributed by atoms with van der Waals surface area (Å²) < 4.78 is 0. The lowest BCUT2D eigenvalue weighted by Gasteiger charge is -2.18. The molecule has 0 spiro atoms. The first-order valence-corrected chi connectivity index (χ1v) is 8.42. The van der Waals surface area contributed by atoms with Crippen molar-refractivity contribution in [2.24, 2.45) is 0 Å². The molecule has 0 saturated heterocycles. The van der Waals surface area contributed by atoms with Crippen molar-refractivity contribution < 1.29 is 10.1 Å². The zero-order valence-corrected chi connectivity index (χ0v) is 13.6. The van der Waals surface area contributed by atoms with Gasteiger partial charge in [0.25, 0.3) is 5.91 Å². The quantitative estimate of drug-likeness (QED) is 0.881. The van der Waals surface area contributed by atoms with Crippen molar-refractivity contribution in [1.82, 2.24) is 0 Å². The van der Waals surface area contributed by atoms with Crippen LogP contribution < -0.4 is 10.6 Å². The fourth-order valence-electron chi connectivity index (χ4n) is 2.97. The van der Waals surface area contributed by atoms with Crippen LogP contribution in [-0.2, 0) is 4.79 Å². The van der Waals surface area contributed by atoms with Crippen molar-refractivity contribution in [3.63, 3.8) is 0 Å². The lowest BCUT2D eigenvalue weighted by molar-refractivity contribution is -0.680. The summed E-state index contributed by atoms with van der Waals surface area (Å²) in [6.07, 6.45) is 9.17. The van der Waals surface area contributed by atoms with E-state index in [0.29, 0.717) is 17.6 Å². The number of hydrogen-bond acceptors (Lipinski definition) is 1. The minimum atomic E-state index is 0.0717. The van der Waals surface area contributed by atoms with Gasteiger partial charge in [-0.25, -0.2) is 0 Å². The van der Waals surface area contributed by atoms with Crippen LogP contribution in [0.2, 0.25) is 5.02 Å². The number of nitrogens with one attached hydrogen (secondary N) is 1. The van der Waals surface area contributed by atoms with Crippen molar-refractivity contribution in [1.29, 1.82) is 0 Å². The predicted molar refractivity (Wildman–Crippen MR) is 87.7 cm³/mol. The Balaban J connectivity index is 1.78. The minimum absolute atomic E-state index is 0.0717. The van der Waals surface area contributed by atoms with Gasteiger partial charge in [-0.3, -0.25) is 4.79 Å². The molecule has 1 fully saturated rings. The van der Waals surface area contributed by atoms with Gasteiger partial charge >= 0.3 is 0 Å². The lowest BCUT2D eigenvalue weighted by Crippen LogP contribution is -2.91. The number of quaternary nitrogens is 1. The van der Waals surface area contributed by atoms with Crippen LogP contribution in [0.5, 0.6) is 0 Å². The standard InChI is InChI=1S/C17H25ClN2O/c1-13-11-14(18)9-10-16(13)20-17(21)12-19-15-7-5-3-2-4-6-8-15/h9-11,15,19H,2-8,12H2,1H3,(H,20,21)/p+1. The molecule has 4 heteroatoms. The molecule has 1 aromatic carbocycles. The molecular weight excluding hydrogens is 284 g/mol. The van der Waals surface area contributed by atoms with E-state index in [4.69, 9.17) is 11.6 Å². The summed E-state index contributed by atoms with van der Waals surface area (Å²) in [5.41, 5.74) is 1.86. The monoisotopic (exact) mass is 309 g/mol. The number of benzene rings is 1. The Morgan fingerprint density at radius 1 is 1.24 bits per heavy atom. The molecule has 21 heavy (non-hydrogen) atoms. The highest BCUT2D eigenvalue weighted by atomic mass is 35.5. The van der Waals surface area contributed by atoms with Crippen LogP contribution in [-0.4, -0.2) is 18.5 Å².